The summed E-state index contributed by atoms with van der Waals surface area (Å²) in [7, 11) is 0. The Morgan fingerprint density at radius 3 is 2.46 bits per heavy atom. The molecule has 3 rings (SSSR count). The highest BCUT2D eigenvalue weighted by atomic mass is 19.1. The first-order chi connectivity index (χ1) is 11.7. The third-order valence-electron chi connectivity index (χ3n) is 4.65. The topological polar surface area (TPSA) is 44.8 Å². The Bertz CT molecular complexity index is 524. The van der Waals surface area contributed by atoms with Crippen molar-refractivity contribution in [1.29, 1.82) is 0 Å². The number of nitrogens with zero attached hydrogens (tertiary/aromatic N) is 2. The lowest BCUT2D eigenvalue weighted by atomic mass is 10.2. The monoisotopic (exact) mass is 335 g/mol. The zero-order valence-corrected chi connectivity index (χ0v) is 14.0. The maximum Gasteiger partial charge on any atom is 0.317 e. The molecule has 2 fully saturated rings. The minimum atomic E-state index is -0.277. The van der Waals surface area contributed by atoms with Gasteiger partial charge in [0.2, 0.25) is 0 Å². The Balaban J connectivity index is 1.30. The number of hydrogen-bond acceptors (Lipinski definition) is 3. The van der Waals surface area contributed by atoms with E-state index in [9.17, 15) is 9.18 Å². The molecular formula is C18H26FN3O2. The first kappa shape index (κ1) is 17.0. The number of ether oxygens (including phenoxy) is 1. The van der Waals surface area contributed by atoms with Crippen molar-refractivity contribution in [3.63, 3.8) is 0 Å². The molecule has 1 aromatic rings. The highest BCUT2D eigenvalue weighted by molar-refractivity contribution is 5.75. The number of carbonyl (C=O) groups is 1. The van der Waals surface area contributed by atoms with E-state index in [1.165, 1.54) is 37.8 Å². The predicted molar refractivity (Wildman–Crippen MR) is 90.7 cm³/mol. The van der Waals surface area contributed by atoms with Gasteiger partial charge in [0.15, 0.2) is 0 Å². The molecule has 0 unspecified atom stereocenters. The van der Waals surface area contributed by atoms with Gasteiger partial charge in [0.1, 0.15) is 17.7 Å². The molecular weight excluding hydrogens is 309 g/mol. The van der Waals surface area contributed by atoms with Crippen molar-refractivity contribution >= 4 is 6.03 Å². The number of benzene rings is 1. The van der Waals surface area contributed by atoms with Gasteiger partial charge < -0.3 is 19.9 Å². The zero-order chi connectivity index (χ0) is 16.8. The van der Waals surface area contributed by atoms with Crippen LogP contribution < -0.4 is 10.1 Å². The fraction of sp³-hybridized carbons (Fsp3) is 0.611. The number of rotatable bonds is 5. The van der Waals surface area contributed by atoms with Crippen molar-refractivity contribution in [1.82, 2.24) is 15.1 Å². The average molecular weight is 335 g/mol. The summed E-state index contributed by atoms with van der Waals surface area (Å²) in [5.74, 6) is 0.365. The molecule has 0 aliphatic carbocycles. The van der Waals surface area contributed by atoms with Crippen molar-refractivity contribution in [3.05, 3.63) is 30.1 Å². The lowest BCUT2D eigenvalue weighted by Gasteiger charge is -2.38. The van der Waals surface area contributed by atoms with Crippen LogP contribution in [0.2, 0.25) is 0 Å². The van der Waals surface area contributed by atoms with Gasteiger partial charge in [-0.05, 0) is 50.2 Å². The zero-order valence-electron chi connectivity index (χ0n) is 14.0. The number of halogens is 1. The van der Waals surface area contributed by atoms with Crippen molar-refractivity contribution in [2.24, 2.45) is 0 Å². The van der Waals surface area contributed by atoms with Gasteiger partial charge in [-0.15, -0.1) is 0 Å². The first-order valence-corrected chi connectivity index (χ1v) is 8.88. The lowest BCUT2D eigenvalue weighted by Crippen LogP contribution is -2.59. The quantitative estimate of drug-likeness (QED) is 0.899. The molecule has 2 aliphatic heterocycles. The minimum absolute atomic E-state index is 0.00758. The smallest absolute Gasteiger partial charge is 0.317 e. The Labute approximate surface area is 142 Å². The lowest BCUT2D eigenvalue weighted by molar-refractivity contribution is 0.0442. The van der Waals surface area contributed by atoms with E-state index in [2.05, 4.69) is 10.2 Å². The molecule has 0 spiro atoms. The molecule has 0 atom stereocenters. The Hall–Kier alpha value is -1.82. The number of urea groups is 1. The van der Waals surface area contributed by atoms with Crippen LogP contribution in [0.3, 0.4) is 0 Å². The van der Waals surface area contributed by atoms with E-state index in [0.717, 1.165) is 19.6 Å². The molecule has 2 heterocycles. The molecule has 0 bridgehead atoms. The van der Waals surface area contributed by atoms with E-state index in [1.54, 1.807) is 17.0 Å². The standard InChI is InChI=1S/C18H26FN3O2/c19-15-5-7-16(8-6-15)24-17-13-22(14-17)18(23)20-9-12-21-10-3-1-2-4-11-21/h5-8,17H,1-4,9-14H2,(H,20,23). The third kappa shape index (κ3) is 4.84. The molecule has 0 aromatic heterocycles. The van der Waals surface area contributed by atoms with E-state index in [0.29, 0.717) is 25.4 Å². The molecule has 132 valence electrons. The number of likely N-dealkylation sites (tertiary alicyclic amines) is 2. The van der Waals surface area contributed by atoms with Gasteiger partial charge in [-0.3, -0.25) is 0 Å². The second kappa shape index (κ2) is 8.33. The Kier molecular flexibility index (Phi) is 5.91. The second-order valence-corrected chi connectivity index (χ2v) is 6.59. The van der Waals surface area contributed by atoms with Crippen LogP contribution in [0.1, 0.15) is 25.7 Å². The van der Waals surface area contributed by atoms with E-state index in [4.69, 9.17) is 4.74 Å². The molecule has 2 amide bonds. The van der Waals surface area contributed by atoms with Crippen molar-refractivity contribution in [2.45, 2.75) is 31.8 Å². The van der Waals surface area contributed by atoms with E-state index in [1.807, 2.05) is 0 Å². The van der Waals surface area contributed by atoms with E-state index < -0.39 is 0 Å². The average Bonchev–Trinajstić information content (AvgIpc) is 2.81. The summed E-state index contributed by atoms with van der Waals surface area (Å²) in [6.07, 6.45) is 5.18. The van der Waals surface area contributed by atoms with Crippen molar-refractivity contribution in [2.75, 3.05) is 39.3 Å². The van der Waals surface area contributed by atoms with Crippen LogP contribution in [0, 0.1) is 5.82 Å². The van der Waals surface area contributed by atoms with Crippen LogP contribution >= 0.6 is 0 Å². The second-order valence-electron chi connectivity index (χ2n) is 6.59. The fourth-order valence-electron chi connectivity index (χ4n) is 3.18. The summed E-state index contributed by atoms with van der Waals surface area (Å²) in [6.45, 7) is 5.06. The number of hydrogen-bond donors (Lipinski definition) is 1. The van der Waals surface area contributed by atoms with Gasteiger partial charge in [0.25, 0.3) is 0 Å². The molecule has 2 saturated heterocycles. The highest BCUT2D eigenvalue weighted by Crippen LogP contribution is 2.18. The fourth-order valence-corrected chi connectivity index (χ4v) is 3.18. The van der Waals surface area contributed by atoms with Crippen LogP contribution in [0.25, 0.3) is 0 Å². The highest BCUT2D eigenvalue weighted by Gasteiger charge is 2.32. The maximum absolute atomic E-state index is 12.8. The van der Waals surface area contributed by atoms with E-state index in [-0.39, 0.29) is 18.0 Å². The van der Waals surface area contributed by atoms with Crippen LogP contribution in [-0.2, 0) is 0 Å². The van der Waals surface area contributed by atoms with Gasteiger partial charge in [-0.25, -0.2) is 9.18 Å². The Morgan fingerprint density at radius 1 is 1.12 bits per heavy atom. The number of amides is 2. The maximum atomic E-state index is 12.8. The minimum Gasteiger partial charge on any atom is -0.487 e. The summed E-state index contributed by atoms with van der Waals surface area (Å²) in [5, 5.41) is 2.98. The summed E-state index contributed by atoms with van der Waals surface area (Å²) in [6, 6.07) is 5.95. The van der Waals surface area contributed by atoms with Crippen molar-refractivity contribution < 1.29 is 13.9 Å². The number of nitrogens with one attached hydrogen (secondary N) is 1. The van der Waals surface area contributed by atoms with Gasteiger partial charge >= 0.3 is 6.03 Å². The van der Waals surface area contributed by atoms with Gasteiger partial charge in [0, 0.05) is 13.1 Å². The third-order valence-corrected chi connectivity index (χ3v) is 4.65. The van der Waals surface area contributed by atoms with Crippen molar-refractivity contribution in [3.8, 4) is 5.75 Å². The van der Waals surface area contributed by atoms with Gasteiger partial charge in [-0.2, -0.15) is 0 Å². The van der Waals surface area contributed by atoms with E-state index >= 15 is 0 Å². The van der Waals surface area contributed by atoms with Gasteiger partial charge in [0.05, 0.1) is 13.1 Å². The molecule has 5 nitrogen and oxygen atoms in total. The summed E-state index contributed by atoms with van der Waals surface area (Å²) in [5.41, 5.74) is 0. The molecule has 1 N–H and O–H groups in total. The summed E-state index contributed by atoms with van der Waals surface area (Å²) < 4.78 is 18.5. The summed E-state index contributed by atoms with van der Waals surface area (Å²) >= 11 is 0. The molecule has 0 radical (unpaired) electrons. The molecule has 0 saturated carbocycles. The first-order valence-electron chi connectivity index (χ1n) is 8.88. The SMILES string of the molecule is O=C(NCCN1CCCCCC1)N1CC(Oc2ccc(F)cc2)C1. The molecule has 6 heteroatoms. The van der Waals surface area contributed by atoms with Crippen LogP contribution in [0.4, 0.5) is 9.18 Å². The van der Waals surface area contributed by atoms with Gasteiger partial charge in [-0.1, -0.05) is 12.8 Å². The Morgan fingerprint density at radius 2 is 1.79 bits per heavy atom. The largest absolute Gasteiger partial charge is 0.487 e. The number of carbonyl (C=O) groups excluding carboxylic acids is 1. The summed E-state index contributed by atoms with van der Waals surface area (Å²) in [4.78, 5) is 16.2. The van der Waals surface area contributed by atoms with Crippen LogP contribution in [-0.4, -0.2) is 61.2 Å². The molecule has 24 heavy (non-hydrogen) atoms. The predicted octanol–water partition coefficient (Wildman–Crippen LogP) is 2.47. The van der Waals surface area contributed by atoms with Crippen LogP contribution in [0.5, 0.6) is 5.75 Å². The molecule has 1 aromatic carbocycles. The molecule has 2 aliphatic rings. The normalized spacial score (nSPS) is 19.5. The van der Waals surface area contributed by atoms with Crippen LogP contribution in [0.15, 0.2) is 24.3 Å².